The number of hydrogen-bond acceptors (Lipinski definition) is 5. The molecule has 0 radical (unpaired) electrons. The van der Waals surface area contributed by atoms with Gasteiger partial charge in [-0.05, 0) is 44.1 Å². The number of anilines is 1. The molecule has 1 aromatic heterocycles. The molecular weight excluding hydrogens is 302 g/mol. The summed E-state index contributed by atoms with van der Waals surface area (Å²) in [6.45, 7) is 1.80. The lowest BCUT2D eigenvalue weighted by atomic mass is 9.82. The van der Waals surface area contributed by atoms with Crippen LogP contribution in [0.25, 0.3) is 0 Å². The van der Waals surface area contributed by atoms with Gasteiger partial charge in [0.1, 0.15) is 12.1 Å². The van der Waals surface area contributed by atoms with Gasteiger partial charge >= 0.3 is 0 Å². The summed E-state index contributed by atoms with van der Waals surface area (Å²) in [6.07, 6.45) is 5.67. The lowest BCUT2D eigenvalue weighted by Crippen LogP contribution is -2.29. The highest BCUT2D eigenvalue weighted by Gasteiger charge is 2.23. The monoisotopic (exact) mass is 324 g/mol. The van der Waals surface area contributed by atoms with Gasteiger partial charge in [-0.2, -0.15) is 0 Å². The van der Waals surface area contributed by atoms with Crippen molar-refractivity contribution in [2.24, 2.45) is 0 Å². The highest BCUT2D eigenvalue weighted by molar-refractivity contribution is 5.71. The van der Waals surface area contributed by atoms with Crippen LogP contribution in [-0.4, -0.2) is 22.0 Å². The fourth-order valence-corrected chi connectivity index (χ4v) is 3.47. The number of carbonyl (C=O) groups excluding carboxylic acids is 1. The second-order valence-electron chi connectivity index (χ2n) is 6.44. The number of carboxylic acid groups (broad SMARTS) is 1. The second kappa shape index (κ2) is 7.43. The van der Waals surface area contributed by atoms with E-state index in [1.54, 1.807) is 6.92 Å². The van der Waals surface area contributed by atoms with Crippen molar-refractivity contribution in [2.75, 3.05) is 5.32 Å². The normalized spacial score (nSPS) is 20.5. The minimum Gasteiger partial charge on any atom is -0.550 e. The van der Waals surface area contributed by atoms with Crippen LogP contribution in [0.1, 0.15) is 48.4 Å². The van der Waals surface area contributed by atoms with Gasteiger partial charge in [-0.3, -0.25) is 0 Å². The minimum atomic E-state index is -1.11. The Bertz CT molecular complexity index is 695. The van der Waals surface area contributed by atoms with Crippen LogP contribution < -0.4 is 10.4 Å². The van der Waals surface area contributed by atoms with Gasteiger partial charge in [0, 0.05) is 29.7 Å². The van der Waals surface area contributed by atoms with Crippen LogP contribution in [0.2, 0.25) is 0 Å². The number of nitrogens with one attached hydrogen (secondary N) is 1. The first-order valence-corrected chi connectivity index (χ1v) is 8.45. The standard InChI is InChI=1S/C19H23N3O2/c1-13-17(11-18(23)24)19(21-12-20-13)22-16-9-7-15(8-10-16)14-5-3-2-4-6-14/h2-6,12,15-16H,7-11H2,1H3,(H,23,24)(H,20,21,22)/p-1. The number of carboxylic acids is 1. The van der Waals surface area contributed by atoms with Crippen LogP contribution in [0.4, 0.5) is 5.82 Å². The number of nitrogens with zero attached hydrogens (tertiary/aromatic N) is 2. The van der Waals surface area contributed by atoms with Crippen LogP contribution in [0.3, 0.4) is 0 Å². The molecule has 1 aliphatic rings. The van der Waals surface area contributed by atoms with E-state index in [0.717, 1.165) is 25.7 Å². The Hall–Kier alpha value is -2.43. The van der Waals surface area contributed by atoms with Crippen molar-refractivity contribution >= 4 is 11.8 Å². The highest BCUT2D eigenvalue weighted by atomic mass is 16.4. The lowest BCUT2D eigenvalue weighted by Gasteiger charge is -2.30. The van der Waals surface area contributed by atoms with E-state index >= 15 is 0 Å². The topological polar surface area (TPSA) is 77.9 Å². The molecule has 1 N–H and O–H groups in total. The van der Waals surface area contributed by atoms with Gasteiger partial charge in [-0.25, -0.2) is 9.97 Å². The Morgan fingerprint density at radius 2 is 1.88 bits per heavy atom. The van der Waals surface area contributed by atoms with E-state index in [4.69, 9.17) is 0 Å². The number of benzene rings is 1. The molecule has 0 saturated heterocycles. The number of aromatic nitrogens is 2. The Morgan fingerprint density at radius 1 is 1.17 bits per heavy atom. The van der Waals surface area contributed by atoms with Crippen LogP contribution >= 0.6 is 0 Å². The summed E-state index contributed by atoms with van der Waals surface area (Å²) < 4.78 is 0. The smallest absolute Gasteiger partial charge is 0.133 e. The van der Waals surface area contributed by atoms with Crippen molar-refractivity contribution in [1.82, 2.24) is 9.97 Å². The molecule has 0 amide bonds. The first-order chi connectivity index (χ1) is 11.6. The van der Waals surface area contributed by atoms with Gasteiger partial charge < -0.3 is 15.2 Å². The lowest BCUT2D eigenvalue weighted by molar-refractivity contribution is -0.304. The predicted molar refractivity (Wildman–Crippen MR) is 90.5 cm³/mol. The maximum absolute atomic E-state index is 11.0. The average molecular weight is 324 g/mol. The predicted octanol–water partition coefficient (Wildman–Crippen LogP) is 2.22. The zero-order valence-corrected chi connectivity index (χ0v) is 13.9. The molecule has 1 aliphatic carbocycles. The van der Waals surface area contributed by atoms with E-state index in [9.17, 15) is 9.90 Å². The number of rotatable bonds is 5. The zero-order valence-electron chi connectivity index (χ0n) is 13.9. The molecule has 0 aliphatic heterocycles. The molecule has 1 saturated carbocycles. The second-order valence-corrected chi connectivity index (χ2v) is 6.44. The van der Waals surface area contributed by atoms with Crippen LogP contribution in [0.5, 0.6) is 0 Å². The van der Waals surface area contributed by atoms with Crippen molar-refractivity contribution in [3.8, 4) is 0 Å². The van der Waals surface area contributed by atoms with Crippen molar-refractivity contribution in [2.45, 2.75) is 51.0 Å². The fraction of sp³-hybridized carbons (Fsp3) is 0.421. The molecule has 0 spiro atoms. The van der Waals surface area contributed by atoms with Gasteiger partial charge in [-0.1, -0.05) is 30.3 Å². The number of carbonyl (C=O) groups is 1. The van der Waals surface area contributed by atoms with Crippen molar-refractivity contribution < 1.29 is 9.90 Å². The number of hydrogen-bond donors (Lipinski definition) is 1. The Morgan fingerprint density at radius 3 is 2.54 bits per heavy atom. The van der Waals surface area contributed by atoms with Crippen LogP contribution in [0.15, 0.2) is 36.7 Å². The van der Waals surface area contributed by atoms with E-state index in [1.165, 1.54) is 11.9 Å². The average Bonchev–Trinajstić information content (AvgIpc) is 2.59. The summed E-state index contributed by atoms with van der Waals surface area (Å²) >= 11 is 0. The number of aryl methyl sites for hydroxylation is 1. The molecule has 0 unspecified atom stereocenters. The summed E-state index contributed by atoms with van der Waals surface area (Å²) in [7, 11) is 0. The third-order valence-electron chi connectivity index (χ3n) is 4.82. The summed E-state index contributed by atoms with van der Waals surface area (Å²) in [5.41, 5.74) is 2.73. The van der Waals surface area contributed by atoms with Crippen molar-refractivity contribution in [3.63, 3.8) is 0 Å². The van der Waals surface area contributed by atoms with Crippen LogP contribution in [-0.2, 0) is 11.2 Å². The Balaban J connectivity index is 1.64. The summed E-state index contributed by atoms with van der Waals surface area (Å²) in [5.74, 6) is 0.137. The van der Waals surface area contributed by atoms with E-state index in [0.29, 0.717) is 29.0 Å². The highest BCUT2D eigenvalue weighted by Crippen LogP contribution is 2.34. The van der Waals surface area contributed by atoms with Gasteiger partial charge in [0.05, 0.1) is 0 Å². The van der Waals surface area contributed by atoms with Gasteiger partial charge in [0.15, 0.2) is 0 Å². The zero-order chi connectivity index (χ0) is 16.9. The first kappa shape index (κ1) is 16.4. The summed E-state index contributed by atoms with van der Waals surface area (Å²) in [5, 5.41) is 14.4. The SMILES string of the molecule is Cc1ncnc(NC2CCC(c3ccccc3)CC2)c1CC(=O)[O-]. The summed E-state index contributed by atoms with van der Waals surface area (Å²) in [6, 6.07) is 11.0. The molecular formula is C19H22N3O2-. The van der Waals surface area contributed by atoms with E-state index < -0.39 is 5.97 Å². The molecule has 0 bridgehead atoms. The Kier molecular flexibility index (Phi) is 5.08. The quantitative estimate of drug-likeness (QED) is 0.912. The molecule has 1 aromatic carbocycles. The molecule has 1 fully saturated rings. The molecule has 24 heavy (non-hydrogen) atoms. The maximum Gasteiger partial charge on any atom is 0.133 e. The van der Waals surface area contributed by atoms with E-state index in [2.05, 4.69) is 39.6 Å². The van der Waals surface area contributed by atoms with Crippen LogP contribution in [0, 0.1) is 6.92 Å². The molecule has 126 valence electrons. The van der Waals surface area contributed by atoms with Crippen molar-refractivity contribution in [1.29, 1.82) is 0 Å². The largest absolute Gasteiger partial charge is 0.550 e. The van der Waals surface area contributed by atoms with Gasteiger partial charge in [0.2, 0.25) is 0 Å². The minimum absolute atomic E-state index is 0.158. The van der Waals surface area contributed by atoms with E-state index in [1.807, 2.05) is 6.07 Å². The molecule has 5 heteroatoms. The van der Waals surface area contributed by atoms with Crippen molar-refractivity contribution in [3.05, 3.63) is 53.5 Å². The van der Waals surface area contributed by atoms with E-state index in [-0.39, 0.29) is 6.42 Å². The third kappa shape index (κ3) is 3.91. The third-order valence-corrected chi connectivity index (χ3v) is 4.82. The number of aliphatic carboxylic acids is 1. The first-order valence-electron chi connectivity index (χ1n) is 8.45. The maximum atomic E-state index is 11.0. The van der Waals surface area contributed by atoms with Gasteiger partial charge in [-0.15, -0.1) is 0 Å². The molecule has 0 atom stereocenters. The molecule has 2 aromatic rings. The Labute approximate surface area is 142 Å². The fourth-order valence-electron chi connectivity index (χ4n) is 3.47. The molecule has 3 rings (SSSR count). The summed E-state index contributed by atoms with van der Waals surface area (Å²) in [4.78, 5) is 19.3. The van der Waals surface area contributed by atoms with Gasteiger partial charge in [0.25, 0.3) is 0 Å². The molecule has 5 nitrogen and oxygen atoms in total. The molecule has 1 heterocycles.